The standard InChI is InChI=1S/C26H28O3/c1-20(2)25(26(27)29-19-23-11-7-4-8-12-23)17-21-13-15-24(16-14-21)28-18-22-9-5-3-6-10-22/h3-16,20,25H,17-19H2,1-2H3. The first-order valence-corrected chi connectivity index (χ1v) is 10.1. The second-order valence-electron chi connectivity index (χ2n) is 7.57. The molecule has 29 heavy (non-hydrogen) atoms. The van der Waals surface area contributed by atoms with Crippen LogP contribution in [0.5, 0.6) is 5.75 Å². The van der Waals surface area contributed by atoms with Crippen LogP contribution in [0.1, 0.15) is 30.5 Å². The number of carbonyl (C=O) groups is 1. The highest BCUT2D eigenvalue weighted by atomic mass is 16.5. The molecule has 0 aliphatic carbocycles. The lowest BCUT2D eigenvalue weighted by Crippen LogP contribution is -2.25. The Labute approximate surface area is 173 Å². The minimum Gasteiger partial charge on any atom is -0.489 e. The Balaban J connectivity index is 1.54. The summed E-state index contributed by atoms with van der Waals surface area (Å²) in [6.45, 7) is 4.98. The molecule has 0 amide bonds. The fourth-order valence-corrected chi connectivity index (χ4v) is 3.14. The summed E-state index contributed by atoms with van der Waals surface area (Å²) in [7, 11) is 0. The van der Waals surface area contributed by atoms with Crippen molar-refractivity contribution in [3.8, 4) is 5.75 Å². The van der Waals surface area contributed by atoms with E-state index in [-0.39, 0.29) is 17.8 Å². The monoisotopic (exact) mass is 388 g/mol. The molecule has 0 aliphatic heterocycles. The van der Waals surface area contributed by atoms with E-state index in [1.165, 1.54) is 0 Å². The van der Waals surface area contributed by atoms with Gasteiger partial charge in [-0.25, -0.2) is 0 Å². The van der Waals surface area contributed by atoms with Crippen LogP contribution in [0.3, 0.4) is 0 Å². The Bertz CT molecular complexity index is 871. The van der Waals surface area contributed by atoms with Crippen LogP contribution in [0, 0.1) is 11.8 Å². The lowest BCUT2D eigenvalue weighted by molar-refractivity contribution is -0.151. The zero-order valence-corrected chi connectivity index (χ0v) is 17.1. The zero-order chi connectivity index (χ0) is 20.5. The van der Waals surface area contributed by atoms with Crippen LogP contribution >= 0.6 is 0 Å². The molecule has 0 saturated carbocycles. The molecule has 0 bridgehead atoms. The van der Waals surface area contributed by atoms with Gasteiger partial charge in [-0.05, 0) is 41.2 Å². The first kappa shape index (κ1) is 20.7. The predicted molar refractivity (Wildman–Crippen MR) is 115 cm³/mol. The van der Waals surface area contributed by atoms with Gasteiger partial charge < -0.3 is 9.47 Å². The summed E-state index contributed by atoms with van der Waals surface area (Å²) in [5, 5.41) is 0. The fourth-order valence-electron chi connectivity index (χ4n) is 3.14. The van der Waals surface area contributed by atoms with Crippen LogP contribution in [0.2, 0.25) is 0 Å². The number of hydrogen-bond acceptors (Lipinski definition) is 3. The van der Waals surface area contributed by atoms with Crippen molar-refractivity contribution in [3.05, 3.63) is 102 Å². The van der Waals surface area contributed by atoms with Crippen molar-refractivity contribution in [2.45, 2.75) is 33.5 Å². The Hall–Kier alpha value is -3.07. The van der Waals surface area contributed by atoms with Crippen LogP contribution < -0.4 is 4.74 Å². The smallest absolute Gasteiger partial charge is 0.309 e. The van der Waals surface area contributed by atoms with Gasteiger partial charge in [0.1, 0.15) is 19.0 Å². The van der Waals surface area contributed by atoms with Gasteiger partial charge in [0.15, 0.2) is 0 Å². The molecule has 150 valence electrons. The van der Waals surface area contributed by atoms with E-state index < -0.39 is 0 Å². The summed E-state index contributed by atoms with van der Waals surface area (Å²) < 4.78 is 11.4. The van der Waals surface area contributed by atoms with Crippen molar-refractivity contribution in [1.29, 1.82) is 0 Å². The Morgan fingerprint density at radius 2 is 1.28 bits per heavy atom. The van der Waals surface area contributed by atoms with Crippen molar-refractivity contribution < 1.29 is 14.3 Å². The topological polar surface area (TPSA) is 35.5 Å². The van der Waals surface area contributed by atoms with Crippen LogP contribution in [-0.2, 0) is 29.2 Å². The molecule has 3 aromatic rings. The second kappa shape index (κ2) is 10.5. The summed E-state index contributed by atoms with van der Waals surface area (Å²) in [5.41, 5.74) is 3.24. The van der Waals surface area contributed by atoms with Gasteiger partial charge in [0.2, 0.25) is 0 Å². The Morgan fingerprint density at radius 1 is 0.724 bits per heavy atom. The van der Waals surface area contributed by atoms with E-state index in [0.717, 1.165) is 22.4 Å². The maximum Gasteiger partial charge on any atom is 0.309 e. The molecule has 0 spiro atoms. The molecule has 0 saturated heterocycles. The van der Waals surface area contributed by atoms with Gasteiger partial charge in [-0.2, -0.15) is 0 Å². The third-order valence-electron chi connectivity index (χ3n) is 4.96. The van der Waals surface area contributed by atoms with Crippen molar-refractivity contribution in [2.75, 3.05) is 0 Å². The Kier molecular flexibility index (Phi) is 7.46. The molecule has 0 N–H and O–H groups in total. The van der Waals surface area contributed by atoms with Crippen LogP contribution in [0.15, 0.2) is 84.9 Å². The third-order valence-corrected chi connectivity index (χ3v) is 4.96. The minimum absolute atomic E-state index is 0.145. The molecular weight excluding hydrogens is 360 g/mol. The predicted octanol–water partition coefficient (Wildman–Crippen LogP) is 5.82. The van der Waals surface area contributed by atoms with E-state index in [1.807, 2.05) is 84.9 Å². The minimum atomic E-state index is -0.171. The van der Waals surface area contributed by atoms with Crippen molar-refractivity contribution in [3.63, 3.8) is 0 Å². The number of carbonyl (C=O) groups excluding carboxylic acids is 1. The number of benzene rings is 3. The van der Waals surface area contributed by atoms with Gasteiger partial charge in [-0.3, -0.25) is 4.79 Å². The van der Waals surface area contributed by atoms with Gasteiger partial charge in [0, 0.05) is 0 Å². The average Bonchev–Trinajstić information content (AvgIpc) is 2.76. The number of ether oxygens (including phenoxy) is 2. The molecule has 3 rings (SSSR count). The summed E-state index contributed by atoms with van der Waals surface area (Å²) in [4.78, 5) is 12.6. The molecule has 0 heterocycles. The normalized spacial score (nSPS) is 11.8. The van der Waals surface area contributed by atoms with Gasteiger partial charge in [0.25, 0.3) is 0 Å². The molecule has 1 unspecified atom stereocenters. The van der Waals surface area contributed by atoms with Crippen LogP contribution in [0.4, 0.5) is 0 Å². The van der Waals surface area contributed by atoms with Crippen LogP contribution in [-0.4, -0.2) is 5.97 Å². The third kappa shape index (κ3) is 6.49. The maximum absolute atomic E-state index is 12.6. The first-order valence-electron chi connectivity index (χ1n) is 10.1. The summed E-state index contributed by atoms with van der Waals surface area (Å²) in [6.07, 6.45) is 0.657. The fraction of sp³-hybridized carbons (Fsp3) is 0.269. The molecular formula is C26H28O3. The van der Waals surface area contributed by atoms with Crippen molar-refractivity contribution in [1.82, 2.24) is 0 Å². The number of hydrogen-bond donors (Lipinski definition) is 0. The molecule has 1 atom stereocenters. The number of rotatable bonds is 9. The molecule has 0 fully saturated rings. The maximum atomic E-state index is 12.6. The van der Waals surface area contributed by atoms with E-state index in [1.54, 1.807) is 0 Å². The second-order valence-corrected chi connectivity index (χ2v) is 7.57. The summed E-state index contributed by atoms with van der Waals surface area (Å²) in [5.74, 6) is 0.709. The molecule has 0 aromatic heterocycles. The lowest BCUT2D eigenvalue weighted by Gasteiger charge is -2.20. The highest BCUT2D eigenvalue weighted by Gasteiger charge is 2.24. The van der Waals surface area contributed by atoms with E-state index >= 15 is 0 Å². The van der Waals surface area contributed by atoms with Gasteiger partial charge >= 0.3 is 5.97 Å². The summed E-state index contributed by atoms with van der Waals surface area (Å²) >= 11 is 0. The largest absolute Gasteiger partial charge is 0.489 e. The average molecular weight is 389 g/mol. The number of esters is 1. The molecule has 0 radical (unpaired) electrons. The van der Waals surface area contributed by atoms with E-state index in [2.05, 4.69) is 13.8 Å². The van der Waals surface area contributed by atoms with E-state index in [4.69, 9.17) is 9.47 Å². The SMILES string of the molecule is CC(C)C(Cc1ccc(OCc2ccccc2)cc1)C(=O)OCc1ccccc1. The van der Waals surface area contributed by atoms with Crippen molar-refractivity contribution in [2.24, 2.45) is 11.8 Å². The molecule has 3 heteroatoms. The zero-order valence-electron chi connectivity index (χ0n) is 17.1. The summed E-state index contributed by atoms with van der Waals surface area (Å²) in [6, 6.07) is 27.9. The molecule has 3 nitrogen and oxygen atoms in total. The highest BCUT2D eigenvalue weighted by molar-refractivity contribution is 5.73. The van der Waals surface area contributed by atoms with Crippen LogP contribution in [0.25, 0.3) is 0 Å². The van der Waals surface area contributed by atoms with Gasteiger partial charge in [0.05, 0.1) is 5.92 Å². The lowest BCUT2D eigenvalue weighted by atomic mass is 9.89. The Morgan fingerprint density at radius 3 is 1.83 bits per heavy atom. The van der Waals surface area contributed by atoms with E-state index in [9.17, 15) is 4.79 Å². The highest BCUT2D eigenvalue weighted by Crippen LogP contribution is 2.22. The molecule has 0 aliphatic rings. The van der Waals surface area contributed by atoms with E-state index in [0.29, 0.717) is 19.6 Å². The quantitative estimate of drug-likeness (QED) is 0.433. The molecule has 3 aromatic carbocycles. The van der Waals surface area contributed by atoms with Gasteiger partial charge in [-0.15, -0.1) is 0 Å². The van der Waals surface area contributed by atoms with Crippen molar-refractivity contribution >= 4 is 5.97 Å². The van der Waals surface area contributed by atoms with Gasteiger partial charge in [-0.1, -0.05) is 86.6 Å². The first-order chi connectivity index (χ1) is 14.1.